The van der Waals surface area contributed by atoms with E-state index in [4.69, 9.17) is 15.0 Å². The van der Waals surface area contributed by atoms with Gasteiger partial charge in [-0.1, -0.05) is 182 Å². The van der Waals surface area contributed by atoms with E-state index in [1.807, 2.05) is 0 Å². The number of fused-ring (bicyclic) bond motifs is 5. The van der Waals surface area contributed by atoms with E-state index in [0.29, 0.717) is 17.6 Å². The lowest BCUT2D eigenvalue weighted by Crippen LogP contribution is -2.06. The Labute approximate surface area is 379 Å². The quantitative estimate of drug-likeness (QED) is 0.157. The van der Waals surface area contributed by atoms with E-state index in [9.17, 15) is 0 Å². The van der Waals surface area contributed by atoms with E-state index < -0.39 is 0 Å². The summed E-state index contributed by atoms with van der Waals surface area (Å²) in [6.07, 6.45) is 0. The minimum absolute atomic E-state index is 0.575. The Bertz CT molecular complexity index is 4110. The Morgan fingerprint density at radius 2 is 0.818 bits per heavy atom. The van der Waals surface area contributed by atoms with Crippen molar-refractivity contribution in [2.45, 2.75) is 0 Å². The zero-order valence-corrected chi connectivity index (χ0v) is 35.6. The van der Waals surface area contributed by atoms with Crippen molar-refractivity contribution in [3.05, 3.63) is 224 Å². The zero-order valence-electron chi connectivity index (χ0n) is 35.6. The molecule has 3 heterocycles. The van der Waals surface area contributed by atoms with Gasteiger partial charge in [0.05, 0.1) is 22.1 Å². The summed E-state index contributed by atoms with van der Waals surface area (Å²) in [5.41, 5.74) is 12.3. The highest BCUT2D eigenvalue weighted by molar-refractivity contribution is 6.27. The lowest BCUT2D eigenvalue weighted by Gasteiger charge is -2.13. The highest BCUT2D eigenvalue weighted by Crippen LogP contribution is 2.44. The molecule has 3 aromatic heterocycles. The van der Waals surface area contributed by atoms with E-state index in [0.717, 1.165) is 65.7 Å². The van der Waals surface area contributed by atoms with Crippen molar-refractivity contribution in [1.29, 1.82) is 0 Å². The van der Waals surface area contributed by atoms with Crippen LogP contribution in [-0.4, -0.2) is 24.1 Å². The molecule has 306 valence electrons. The first-order valence-corrected chi connectivity index (χ1v) is 22.4. The number of hydrogen-bond donors (Lipinski definition) is 0. The first kappa shape index (κ1) is 36.5. The molecule has 0 aliphatic heterocycles. The fraction of sp³-hybridized carbons (Fsp3) is 0. The lowest BCUT2D eigenvalue weighted by atomic mass is 9.94. The maximum atomic E-state index is 5.36. The van der Waals surface area contributed by atoms with E-state index in [-0.39, 0.29) is 0 Å². The Kier molecular flexibility index (Phi) is 7.91. The van der Waals surface area contributed by atoms with Gasteiger partial charge < -0.3 is 4.57 Å². The first-order valence-electron chi connectivity index (χ1n) is 22.4. The Morgan fingerprint density at radius 3 is 1.56 bits per heavy atom. The molecule has 0 radical (unpaired) electrons. The second kappa shape index (κ2) is 14.3. The summed E-state index contributed by atoms with van der Waals surface area (Å²) in [6, 6.07) is 80.4. The molecule has 0 bridgehead atoms. The van der Waals surface area contributed by atoms with Crippen LogP contribution in [0.25, 0.3) is 133 Å². The molecule has 0 N–H and O–H groups in total. The summed E-state index contributed by atoms with van der Waals surface area (Å²) in [5.74, 6) is 1.84. The lowest BCUT2D eigenvalue weighted by molar-refractivity contribution is 0.955. The van der Waals surface area contributed by atoms with Gasteiger partial charge in [0.25, 0.3) is 0 Å². The molecule has 14 rings (SSSR count). The molecular weight excluding hydrogens is 803 g/mol. The normalized spacial score (nSPS) is 11.9. The van der Waals surface area contributed by atoms with Crippen LogP contribution in [0.5, 0.6) is 0 Å². The fourth-order valence-corrected chi connectivity index (χ4v) is 10.6. The van der Waals surface area contributed by atoms with E-state index in [2.05, 4.69) is 234 Å². The van der Waals surface area contributed by atoms with E-state index >= 15 is 0 Å². The molecule has 0 spiro atoms. The van der Waals surface area contributed by atoms with Crippen molar-refractivity contribution in [1.82, 2.24) is 24.1 Å². The number of hydrogen-bond acceptors (Lipinski definition) is 3. The second-order valence-electron chi connectivity index (χ2n) is 17.2. The van der Waals surface area contributed by atoms with Crippen LogP contribution < -0.4 is 0 Å². The smallest absolute Gasteiger partial charge is 0.238 e. The van der Waals surface area contributed by atoms with Crippen molar-refractivity contribution in [2.75, 3.05) is 0 Å². The number of aromatic nitrogens is 5. The predicted octanol–water partition coefficient (Wildman–Crippen LogP) is 15.6. The Balaban J connectivity index is 0.964. The summed E-state index contributed by atoms with van der Waals surface area (Å²) in [5, 5.41) is 11.8. The Hall–Kier alpha value is -8.93. The topological polar surface area (TPSA) is 48.5 Å². The van der Waals surface area contributed by atoms with Gasteiger partial charge in [0.1, 0.15) is 0 Å². The average Bonchev–Trinajstić information content (AvgIpc) is 3.91. The first-order chi connectivity index (χ1) is 32.7. The van der Waals surface area contributed by atoms with Gasteiger partial charge in [-0.2, -0.15) is 9.97 Å². The summed E-state index contributed by atoms with van der Waals surface area (Å²) in [4.78, 5) is 16.0. The van der Waals surface area contributed by atoms with Gasteiger partial charge in [-0.05, 0) is 97.0 Å². The van der Waals surface area contributed by atoms with Crippen LogP contribution in [-0.2, 0) is 0 Å². The van der Waals surface area contributed by atoms with Crippen molar-refractivity contribution in [3.8, 4) is 56.7 Å². The SMILES string of the molecule is c1ccc(-c2ccc(-n3c4cccc5ccc6c(-c7ccc8c(c7)c7ccccc7n8-c7nc(-c8cccc9ccccc89)nc(-c8cccc9ccccc89)n7)ccc3c6c54)cc2)cc1. The van der Waals surface area contributed by atoms with Gasteiger partial charge in [0, 0.05) is 38.4 Å². The summed E-state index contributed by atoms with van der Waals surface area (Å²) in [7, 11) is 0. The molecule has 0 atom stereocenters. The van der Waals surface area contributed by atoms with E-state index in [1.165, 1.54) is 49.3 Å². The molecule has 0 saturated heterocycles. The molecule has 11 aromatic carbocycles. The van der Waals surface area contributed by atoms with E-state index in [1.54, 1.807) is 0 Å². The molecule has 5 heteroatoms. The van der Waals surface area contributed by atoms with Gasteiger partial charge in [-0.25, -0.2) is 4.98 Å². The molecule has 0 saturated carbocycles. The number of rotatable bonds is 6. The molecule has 0 unspecified atom stereocenters. The van der Waals surface area contributed by atoms with Crippen LogP contribution in [0.15, 0.2) is 224 Å². The largest absolute Gasteiger partial charge is 0.309 e. The molecule has 0 fully saturated rings. The number of nitrogens with zero attached hydrogens (tertiary/aromatic N) is 5. The monoisotopic (exact) mass is 839 g/mol. The molecule has 0 aliphatic rings. The maximum Gasteiger partial charge on any atom is 0.238 e. The van der Waals surface area contributed by atoms with Crippen molar-refractivity contribution in [2.24, 2.45) is 0 Å². The van der Waals surface area contributed by atoms with Crippen molar-refractivity contribution in [3.63, 3.8) is 0 Å². The molecule has 66 heavy (non-hydrogen) atoms. The third kappa shape index (κ3) is 5.50. The fourth-order valence-electron chi connectivity index (χ4n) is 10.6. The maximum absolute atomic E-state index is 5.36. The molecular formula is C61H37N5. The van der Waals surface area contributed by atoms with Crippen LogP contribution in [0.1, 0.15) is 0 Å². The minimum Gasteiger partial charge on any atom is -0.309 e. The van der Waals surface area contributed by atoms with Crippen molar-refractivity contribution < 1.29 is 0 Å². The van der Waals surface area contributed by atoms with Gasteiger partial charge in [-0.3, -0.25) is 4.57 Å². The van der Waals surface area contributed by atoms with Crippen LogP contribution in [0.2, 0.25) is 0 Å². The van der Waals surface area contributed by atoms with Crippen molar-refractivity contribution >= 4 is 75.9 Å². The number of benzene rings is 11. The van der Waals surface area contributed by atoms with Gasteiger partial charge in [0.2, 0.25) is 5.95 Å². The summed E-state index contributed by atoms with van der Waals surface area (Å²) >= 11 is 0. The molecule has 0 amide bonds. The highest BCUT2D eigenvalue weighted by atomic mass is 15.2. The minimum atomic E-state index is 0.575. The van der Waals surface area contributed by atoms with Gasteiger partial charge in [-0.15, -0.1) is 0 Å². The zero-order chi connectivity index (χ0) is 43.3. The van der Waals surface area contributed by atoms with Crippen LogP contribution >= 0.6 is 0 Å². The van der Waals surface area contributed by atoms with Crippen LogP contribution in [0.4, 0.5) is 0 Å². The predicted molar refractivity (Wildman–Crippen MR) is 274 cm³/mol. The summed E-state index contributed by atoms with van der Waals surface area (Å²) in [6.45, 7) is 0. The van der Waals surface area contributed by atoms with Crippen LogP contribution in [0.3, 0.4) is 0 Å². The third-order valence-corrected chi connectivity index (χ3v) is 13.6. The average molecular weight is 840 g/mol. The highest BCUT2D eigenvalue weighted by Gasteiger charge is 2.22. The molecule has 5 nitrogen and oxygen atoms in total. The summed E-state index contributed by atoms with van der Waals surface area (Å²) < 4.78 is 4.64. The standard InChI is InChI=1S/C61H37N5/c1-2-13-38(14-3-1)39-27-31-44(32-28-39)65-55-26-12-19-42-29-33-49-47(34-36-56(65)58(49)57(42)55)43-30-35-54-52(37-43)48-22-8-9-25-53(48)66(54)61-63-59(50-23-10-17-40-15-4-6-20-45(40)50)62-60(64-61)51-24-11-18-41-16-5-7-21-46(41)51/h1-37H. The van der Waals surface area contributed by atoms with Gasteiger partial charge >= 0.3 is 0 Å². The second-order valence-corrected chi connectivity index (χ2v) is 17.2. The van der Waals surface area contributed by atoms with Crippen LogP contribution in [0, 0.1) is 0 Å². The number of para-hydroxylation sites is 1. The molecule has 14 aromatic rings. The third-order valence-electron chi connectivity index (χ3n) is 13.6. The Morgan fingerprint density at radius 1 is 0.273 bits per heavy atom. The van der Waals surface area contributed by atoms with Gasteiger partial charge in [0.15, 0.2) is 11.6 Å². The molecule has 0 aliphatic carbocycles.